The molecule has 34 heavy (non-hydrogen) atoms. The molecule has 1 saturated carbocycles. The first-order valence-electron chi connectivity index (χ1n) is 13.0. The molecule has 1 spiro atoms. The third kappa shape index (κ3) is 5.31. The van der Waals surface area contributed by atoms with Gasteiger partial charge < -0.3 is 33.5 Å². The van der Waals surface area contributed by atoms with Gasteiger partial charge in [0.2, 0.25) is 0 Å². The summed E-state index contributed by atoms with van der Waals surface area (Å²) in [6.45, 7) is 15.8. The highest BCUT2D eigenvalue weighted by Gasteiger charge is 2.72. The van der Waals surface area contributed by atoms with E-state index in [2.05, 4.69) is 45.6 Å². The van der Waals surface area contributed by atoms with Crippen LogP contribution in [0, 0.1) is 5.92 Å². The molecule has 7 atom stereocenters. The summed E-state index contributed by atoms with van der Waals surface area (Å²) in [5.41, 5.74) is 0.743. The van der Waals surface area contributed by atoms with Gasteiger partial charge in [-0.15, -0.1) is 0 Å². The lowest BCUT2D eigenvalue weighted by Gasteiger charge is -2.43. The fourth-order valence-corrected chi connectivity index (χ4v) is 6.04. The molecule has 0 aromatic rings. The van der Waals surface area contributed by atoms with E-state index in [0.717, 1.165) is 45.5 Å². The van der Waals surface area contributed by atoms with E-state index in [9.17, 15) is 4.79 Å². The zero-order chi connectivity index (χ0) is 24.5. The summed E-state index contributed by atoms with van der Waals surface area (Å²) < 4.78 is 30.4. The third-order valence-corrected chi connectivity index (χ3v) is 8.24. The molecule has 3 saturated heterocycles. The van der Waals surface area contributed by atoms with E-state index in [4.69, 9.17) is 23.7 Å². The van der Waals surface area contributed by atoms with Gasteiger partial charge in [-0.25, -0.2) is 4.79 Å². The summed E-state index contributed by atoms with van der Waals surface area (Å²) in [5.74, 6) is 0.0345. The van der Waals surface area contributed by atoms with Crippen LogP contribution >= 0.6 is 0 Å². The average molecular weight is 481 g/mol. The van der Waals surface area contributed by atoms with Gasteiger partial charge in [-0.2, -0.15) is 0 Å². The number of likely N-dealkylation sites (N-methyl/N-ethyl adjacent to an activating group) is 1. The number of epoxide rings is 2. The molecule has 1 aliphatic carbocycles. The molecule has 194 valence electrons. The van der Waals surface area contributed by atoms with E-state index >= 15 is 0 Å². The van der Waals surface area contributed by atoms with Gasteiger partial charge in [-0.3, -0.25) is 0 Å². The van der Waals surface area contributed by atoms with E-state index in [1.165, 1.54) is 5.57 Å². The van der Waals surface area contributed by atoms with Gasteiger partial charge in [0.05, 0.1) is 37.9 Å². The van der Waals surface area contributed by atoms with Crippen LogP contribution < -0.4 is 0 Å². The molecule has 8 nitrogen and oxygen atoms in total. The minimum atomic E-state index is -0.331. The number of nitrogens with zero attached hydrogens (tertiary/aromatic N) is 2. The molecular formula is C26H44N2O6. The van der Waals surface area contributed by atoms with Gasteiger partial charge in [-0.1, -0.05) is 25.5 Å². The van der Waals surface area contributed by atoms with Crippen LogP contribution in [0.2, 0.25) is 0 Å². The van der Waals surface area contributed by atoms with Crippen molar-refractivity contribution < 1.29 is 28.5 Å². The predicted octanol–water partition coefficient (Wildman–Crippen LogP) is 3.24. The number of rotatable bonds is 9. The Morgan fingerprint density at radius 2 is 2.00 bits per heavy atom. The first-order chi connectivity index (χ1) is 16.3. The summed E-state index contributed by atoms with van der Waals surface area (Å²) in [4.78, 5) is 17.3. The highest BCUT2D eigenvalue weighted by molar-refractivity contribution is 5.68. The smallest absolute Gasteiger partial charge is 0.410 e. The molecule has 3 aliphatic heterocycles. The Morgan fingerprint density at radius 1 is 1.26 bits per heavy atom. The second kappa shape index (κ2) is 10.4. The molecule has 4 fully saturated rings. The van der Waals surface area contributed by atoms with Crippen LogP contribution in [0.4, 0.5) is 4.79 Å². The van der Waals surface area contributed by atoms with Crippen molar-refractivity contribution >= 4 is 6.09 Å². The number of carbonyl (C=O) groups is 1. The van der Waals surface area contributed by atoms with Crippen molar-refractivity contribution in [1.29, 1.82) is 0 Å². The maximum atomic E-state index is 13.2. The highest BCUT2D eigenvalue weighted by Crippen LogP contribution is 2.59. The lowest BCUT2D eigenvalue weighted by molar-refractivity contribution is -0.125. The van der Waals surface area contributed by atoms with Gasteiger partial charge in [-0.05, 0) is 53.1 Å². The number of hydrogen-bond donors (Lipinski definition) is 0. The predicted molar refractivity (Wildman–Crippen MR) is 129 cm³/mol. The van der Waals surface area contributed by atoms with Gasteiger partial charge in [0.15, 0.2) is 0 Å². The van der Waals surface area contributed by atoms with Crippen molar-refractivity contribution in [2.45, 2.75) is 89.5 Å². The Hall–Kier alpha value is -1.19. The average Bonchev–Trinajstić information content (AvgIpc) is 3.74. The van der Waals surface area contributed by atoms with Crippen LogP contribution in [0.15, 0.2) is 11.6 Å². The molecule has 8 heteroatoms. The van der Waals surface area contributed by atoms with E-state index in [1.54, 1.807) is 12.0 Å². The molecule has 0 radical (unpaired) electrons. The Kier molecular flexibility index (Phi) is 7.94. The van der Waals surface area contributed by atoms with Crippen molar-refractivity contribution in [2.24, 2.45) is 5.92 Å². The minimum absolute atomic E-state index is 0.0104. The number of allylic oxidation sites excluding steroid dienone is 1. The second-order valence-electron chi connectivity index (χ2n) is 10.7. The first kappa shape index (κ1) is 25.9. The third-order valence-electron chi connectivity index (χ3n) is 8.24. The summed E-state index contributed by atoms with van der Waals surface area (Å²) in [6.07, 6.45) is 4.02. The number of amides is 1. The van der Waals surface area contributed by atoms with Gasteiger partial charge in [0.25, 0.3) is 0 Å². The Bertz CT molecular complexity index is 748. The molecular weight excluding hydrogens is 436 g/mol. The second-order valence-corrected chi connectivity index (χ2v) is 10.7. The van der Waals surface area contributed by atoms with E-state index in [-0.39, 0.29) is 47.6 Å². The van der Waals surface area contributed by atoms with Crippen LogP contribution in [0.1, 0.15) is 53.9 Å². The van der Waals surface area contributed by atoms with E-state index < -0.39 is 0 Å². The van der Waals surface area contributed by atoms with Crippen molar-refractivity contribution in [3.63, 3.8) is 0 Å². The highest BCUT2D eigenvalue weighted by atomic mass is 16.6. The standard InChI is InChI=1S/C26H44N2O6/c1-7-27(8-2)15-19-16-28(13-14-31-19)24(29)33-20-11-12-26(17-32-26)23(22(20)30-6)25(5)21(34-25)10-9-18(3)4/h9,19-23H,7-8,10-17H2,1-6H3/t19?,20-,21-,22-,23-,25+,26+/m1/s1. The number of hydrogen-bond acceptors (Lipinski definition) is 7. The summed E-state index contributed by atoms with van der Waals surface area (Å²) >= 11 is 0. The maximum Gasteiger partial charge on any atom is 0.410 e. The molecule has 4 rings (SSSR count). The SMILES string of the molecule is CCN(CC)CC1CN(C(=O)O[C@@H]2CC[C@]3(CO3)[C@@H]([C@@]3(C)O[C@@H]3CC=C(C)C)[C@@H]2OC)CCO1. The van der Waals surface area contributed by atoms with Crippen molar-refractivity contribution in [3.8, 4) is 0 Å². The Morgan fingerprint density at radius 3 is 2.62 bits per heavy atom. The lowest BCUT2D eigenvalue weighted by atomic mass is 9.68. The fourth-order valence-electron chi connectivity index (χ4n) is 6.04. The summed E-state index contributed by atoms with van der Waals surface area (Å²) in [7, 11) is 1.71. The fraction of sp³-hybridized carbons (Fsp3) is 0.885. The van der Waals surface area contributed by atoms with E-state index in [1.807, 2.05) is 0 Å². The van der Waals surface area contributed by atoms with Crippen LogP contribution in [-0.2, 0) is 23.7 Å². The lowest BCUT2D eigenvalue weighted by Crippen LogP contribution is -2.57. The molecule has 0 aromatic carbocycles. The number of methoxy groups -OCH3 is 1. The molecule has 0 N–H and O–H groups in total. The zero-order valence-electron chi connectivity index (χ0n) is 21.9. The summed E-state index contributed by atoms with van der Waals surface area (Å²) in [5, 5.41) is 0. The van der Waals surface area contributed by atoms with Crippen LogP contribution in [0.25, 0.3) is 0 Å². The number of carbonyl (C=O) groups excluding carboxylic acids is 1. The monoisotopic (exact) mass is 480 g/mol. The largest absolute Gasteiger partial charge is 0.443 e. The minimum Gasteiger partial charge on any atom is -0.443 e. The molecule has 1 amide bonds. The van der Waals surface area contributed by atoms with Crippen LogP contribution in [0.5, 0.6) is 0 Å². The van der Waals surface area contributed by atoms with Crippen LogP contribution in [0.3, 0.4) is 0 Å². The first-order valence-corrected chi connectivity index (χ1v) is 13.0. The van der Waals surface area contributed by atoms with E-state index in [0.29, 0.717) is 19.7 Å². The Labute approximate surface area is 204 Å². The molecule has 1 unspecified atom stereocenters. The molecule has 4 aliphatic rings. The zero-order valence-corrected chi connectivity index (χ0v) is 21.9. The van der Waals surface area contributed by atoms with Gasteiger partial charge in [0.1, 0.15) is 23.4 Å². The molecule has 3 heterocycles. The molecule has 0 bridgehead atoms. The number of morpholine rings is 1. The summed E-state index contributed by atoms with van der Waals surface area (Å²) in [6, 6.07) is 0. The van der Waals surface area contributed by atoms with Gasteiger partial charge in [0, 0.05) is 20.2 Å². The topological polar surface area (TPSA) is 76.3 Å². The number of ether oxygens (including phenoxy) is 5. The van der Waals surface area contributed by atoms with Crippen molar-refractivity contribution in [1.82, 2.24) is 9.80 Å². The normalized spacial score (nSPS) is 39.3. The van der Waals surface area contributed by atoms with Gasteiger partial charge >= 0.3 is 6.09 Å². The van der Waals surface area contributed by atoms with Crippen molar-refractivity contribution in [3.05, 3.63) is 11.6 Å². The molecule has 0 aromatic heterocycles. The quantitative estimate of drug-likeness (QED) is 0.370. The maximum absolute atomic E-state index is 13.2. The van der Waals surface area contributed by atoms with Crippen LogP contribution in [-0.4, -0.2) is 105 Å². The van der Waals surface area contributed by atoms with Crippen molar-refractivity contribution in [2.75, 3.05) is 53.0 Å². The Balaban J connectivity index is 1.40.